The SMILES string of the molecule is CCC(C=C1SC(c2cccc(Cl)c2)N(CCCN2CCCCC2)C1=O)CC. The summed E-state index contributed by atoms with van der Waals surface area (Å²) < 4.78 is 0. The second-order valence-corrected chi connectivity index (χ2v) is 9.45. The van der Waals surface area contributed by atoms with Crippen LogP contribution in [-0.2, 0) is 4.79 Å². The van der Waals surface area contributed by atoms with E-state index < -0.39 is 0 Å². The van der Waals surface area contributed by atoms with Gasteiger partial charge in [0.2, 0.25) is 0 Å². The molecule has 0 radical (unpaired) electrons. The van der Waals surface area contributed by atoms with Gasteiger partial charge in [0.05, 0.1) is 4.91 Å². The second-order valence-electron chi connectivity index (χ2n) is 7.89. The lowest BCUT2D eigenvalue weighted by atomic mass is 10.0. The lowest BCUT2D eigenvalue weighted by Gasteiger charge is -2.28. The third-order valence-electron chi connectivity index (χ3n) is 5.89. The number of rotatable bonds is 8. The fourth-order valence-corrected chi connectivity index (χ4v) is 5.65. The molecule has 28 heavy (non-hydrogen) atoms. The van der Waals surface area contributed by atoms with Crippen molar-refractivity contribution in [2.75, 3.05) is 26.2 Å². The van der Waals surface area contributed by atoms with E-state index in [2.05, 4.69) is 35.8 Å². The molecule has 0 saturated carbocycles. The van der Waals surface area contributed by atoms with Crippen molar-refractivity contribution in [3.63, 3.8) is 0 Å². The predicted molar refractivity (Wildman–Crippen MR) is 121 cm³/mol. The number of nitrogens with zero attached hydrogens (tertiary/aromatic N) is 2. The minimum Gasteiger partial charge on any atom is -0.322 e. The van der Waals surface area contributed by atoms with Crippen LogP contribution in [0.2, 0.25) is 5.02 Å². The molecule has 2 aliphatic rings. The highest BCUT2D eigenvalue weighted by Crippen LogP contribution is 2.46. The molecule has 3 rings (SSSR count). The van der Waals surface area contributed by atoms with Gasteiger partial charge < -0.3 is 9.80 Å². The number of carbonyl (C=O) groups excluding carboxylic acids is 1. The Labute approximate surface area is 179 Å². The molecule has 0 bridgehead atoms. The van der Waals surface area contributed by atoms with Gasteiger partial charge in [-0.1, -0.05) is 61.8 Å². The number of likely N-dealkylation sites (tertiary alicyclic amines) is 1. The number of hydrogen-bond acceptors (Lipinski definition) is 3. The Morgan fingerprint density at radius 3 is 2.61 bits per heavy atom. The van der Waals surface area contributed by atoms with Gasteiger partial charge in [0.15, 0.2) is 0 Å². The normalized spacial score (nSPS) is 22.6. The van der Waals surface area contributed by atoms with Gasteiger partial charge in [0, 0.05) is 11.6 Å². The molecule has 0 aromatic heterocycles. The number of allylic oxidation sites excluding steroid dienone is 1. The smallest absolute Gasteiger partial charge is 0.261 e. The number of halogens is 1. The molecule has 0 N–H and O–H groups in total. The minimum atomic E-state index is 0.0353. The number of piperidine rings is 1. The van der Waals surface area contributed by atoms with E-state index in [1.54, 1.807) is 11.8 Å². The first-order chi connectivity index (χ1) is 13.6. The third kappa shape index (κ3) is 5.55. The van der Waals surface area contributed by atoms with E-state index in [-0.39, 0.29) is 11.3 Å². The first-order valence-corrected chi connectivity index (χ1v) is 12.1. The van der Waals surface area contributed by atoms with Gasteiger partial charge in [0.1, 0.15) is 5.37 Å². The molecule has 1 atom stereocenters. The highest BCUT2D eigenvalue weighted by Gasteiger charge is 2.37. The highest BCUT2D eigenvalue weighted by atomic mass is 35.5. The monoisotopic (exact) mass is 420 g/mol. The molecule has 1 aromatic rings. The second kappa shape index (κ2) is 10.7. The molecule has 1 unspecified atom stereocenters. The quantitative estimate of drug-likeness (QED) is 0.474. The molecule has 1 amide bonds. The van der Waals surface area contributed by atoms with Crippen LogP contribution >= 0.6 is 23.4 Å². The molecule has 3 nitrogen and oxygen atoms in total. The van der Waals surface area contributed by atoms with Crippen molar-refractivity contribution in [1.29, 1.82) is 0 Å². The van der Waals surface area contributed by atoms with E-state index in [1.807, 2.05) is 18.2 Å². The molecule has 5 heteroatoms. The summed E-state index contributed by atoms with van der Waals surface area (Å²) in [7, 11) is 0. The summed E-state index contributed by atoms with van der Waals surface area (Å²) in [5.41, 5.74) is 1.12. The Morgan fingerprint density at radius 2 is 1.93 bits per heavy atom. The van der Waals surface area contributed by atoms with Gasteiger partial charge in [-0.2, -0.15) is 0 Å². The molecule has 154 valence electrons. The van der Waals surface area contributed by atoms with E-state index in [0.717, 1.165) is 47.8 Å². The number of thioether (sulfide) groups is 1. The fourth-order valence-electron chi connectivity index (χ4n) is 4.11. The van der Waals surface area contributed by atoms with E-state index in [0.29, 0.717) is 5.92 Å². The molecule has 0 spiro atoms. The molecule has 0 aliphatic carbocycles. The van der Waals surface area contributed by atoms with Crippen molar-refractivity contribution in [3.05, 3.63) is 45.8 Å². The fraction of sp³-hybridized carbons (Fsp3) is 0.609. The maximum absolute atomic E-state index is 13.2. The van der Waals surface area contributed by atoms with E-state index >= 15 is 0 Å². The summed E-state index contributed by atoms with van der Waals surface area (Å²) in [6, 6.07) is 7.98. The zero-order valence-corrected chi connectivity index (χ0v) is 18.8. The molecule has 2 fully saturated rings. The summed E-state index contributed by atoms with van der Waals surface area (Å²) in [5, 5.41) is 0.768. The standard InChI is InChI=1S/C23H33ClN2OS/c1-3-18(4-2)16-21-22(27)26(15-9-14-25-12-6-5-7-13-25)23(28-21)19-10-8-11-20(24)17-19/h8,10-11,16-18,23H,3-7,9,12-15H2,1-2H3. The average molecular weight is 421 g/mol. The van der Waals surface area contributed by atoms with Gasteiger partial charge in [-0.15, -0.1) is 0 Å². The van der Waals surface area contributed by atoms with E-state index in [1.165, 1.54) is 32.4 Å². The summed E-state index contributed by atoms with van der Waals surface area (Å²) in [5.74, 6) is 0.667. The van der Waals surface area contributed by atoms with Crippen LogP contribution in [0.4, 0.5) is 0 Å². The topological polar surface area (TPSA) is 23.6 Å². The Bertz CT molecular complexity index is 683. The number of benzene rings is 1. The van der Waals surface area contributed by atoms with Crippen LogP contribution in [0.5, 0.6) is 0 Å². The molecular formula is C23H33ClN2OS. The first kappa shape index (κ1) is 21.7. The molecule has 2 saturated heterocycles. The lowest BCUT2D eigenvalue weighted by Crippen LogP contribution is -2.34. The number of carbonyl (C=O) groups is 1. The average Bonchev–Trinajstić information content (AvgIpc) is 3.02. The van der Waals surface area contributed by atoms with Crippen LogP contribution in [-0.4, -0.2) is 41.9 Å². The third-order valence-corrected chi connectivity index (χ3v) is 7.43. The zero-order valence-electron chi connectivity index (χ0n) is 17.2. The van der Waals surface area contributed by atoms with E-state index in [4.69, 9.17) is 11.6 Å². The predicted octanol–water partition coefficient (Wildman–Crippen LogP) is 6.11. The summed E-state index contributed by atoms with van der Waals surface area (Å²) in [4.78, 5) is 18.7. The Kier molecular flexibility index (Phi) is 8.31. The van der Waals surface area contributed by atoms with Crippen molar-refractivity contribution in [2.24, 2.45) is 5.92 Å². The molecular weight excluding hydrogens is 388 g/mol. The molecule has 2 aliphatic heterocycles. The number of hydrogen-bond donors (Lipinski definition) is 0. The van der Waals surface area contributed by atoms with Crippen molar-refractivity contribution in [2.45, 2.75) is 57.7 Å². The van der Waals surface area contributed by atoms with Crippen molar-refractivity contribution >= 4 is 29.3 Å². The van der Waals surface area contributed by atoms with Gasteiger partial charge in [0.25, 0.3) is 5.91 Å². The van der Waals surface area contributed by atoms with Crippen LogP contribution in [0.25, 0.3) is 0 Å². The van der Waals surface area contributed by atoms with Crippen LogP contribution < -0.4 is 0 Å². The van der Waals surface area contributed by atoms with Crippen molar-refractivity contribution < 1.29 is 4.79 Å². The first-order valence-electron chi connectivity index (χ1n) is 10.8. The summed E-state index contributed by atoms with van der Waals surface area (Å²) in [6.07, 6.45) is 9.36. The van der Waals surface area contributed by atoms with E-state index in [9.17, 15) is 4.79 Å². The van der Waals surface area contributed by atoms with Crippen LogP contribution in [0, 0.1) is 5.92 Å². The Hall–Kier alpha value is -0.970. The minimum absolute atomic E-state index is 0.0353. The maximum Gasteiger partial charge on any atom is 0.261 e. The van der Waals surface area contributed by atoms with Gasteiger partial charge in [-0.3, -0.25) is 4.79 Å². The van der Waals surface area contributed by atoms with Gasteiger partial charge in [-0.05, 0) is 75.4 Å². The molecule has 1 aromatic carbocycles. The highest BCUT2D eigenvalue weighted by molar-refractivity contribution is 8.04. The largest absolute Gasteiger partial charge is 0.322 e. The van der Waals surface area contributed by atoms with Crippen LogP contribution in [0.3, 0.4) is 0 Å². The Balaban J connectivity index is 1.73. The number of amides is 1. The molecule has 2 heterocycles. The van der Waals surface area contributed by atoms with Crippen molar-refractivity contribution in [3.8, 4) is 0 Å². The Morgan fingerprint density at radius 1 is 1.18 bits per heavy atom. The van der Waals surface area contributed by atoms with Crippen LogP contribution in [0.1, 0.15) is 63.3 Å². The van der Waals surface area contributed by atoms with Crippen molar-refractivity contribution in [1.82, 2.24) is 9.80 Å². The maximum atomic E-state index is 13.2. The zero-order chi connectivity index (χ0) is 19.9. The van der Waals surface area contributed by atoms with Gasteiger partial charge >= 0.3 is 0 Å². The van der Waals surface area contributed by atoms with Gasteiger partial charge in [-0.25, -0.2) is 0 Å². The summed E-state index contributed by atoms with van der Waals surface area (Å²) >= 11 is 7.94. The summed E-state index contributed by atoms with van der Waals surface area (Å²) in [6.45, 7) is 8.70. The van der Waals surface area contributed by atoms with Crippen LogP contribution in [0.15, 0.2) is 35.2 Å². The lowest BCUT2D eigenvalue weighted by molar-refractivity contribution is -0.126.